The summed E-state index contributed by atoms with van der Waals surface area (Å²) in [4.78, 5) is 44.7. The highest BCUT2D eigenvalue weighted by Gasteiger charge is 2.26. The van der Waals surface area contributed by atoms with Crippen LogP contribution in [0.15, 0.2) is 76.6 Å². The molecule has 8 nitrogen and oxygen atoms in total. The van der Waals surface area contributed by atoms with Crippen LogP contribution in [-0.2, 0) is 32.0 Å². The van der Waals surface area contributed by atoms with Gasteiger partial charge in [0.25, 0.3) is 5.56 Å². The first-order valence-electron chi connectivity index (χ1n) is 10.4. The smallest absolute Gasteiger partial charge is 0.332 e. The van der Waals surface area contributed by atoms with E-state index in [-0.39, 0.29) is 17.1 Å². The van der Waals surface area contributed by atoms with Crippen molar-refractivity contribution >= 4 is 17.1 Å². The van der Waals surface area contributed by atoms with Gasteiger partial charge in [0, 0.05) is 27.2 Å². The molecule has 1 atom stereocenters. The van der Waals surface area contributed by atoms with Crippen LogP contribution in [0.4, 0.5) is 0 Å². The highest BCUT2D eigenvalue weighted by molar-refractivity contribution is 5.82. The third-order valence-corrected chi connectivity index (χ3v) is 5.69. The van der Waals surface area contributed by atoms with Gasteiger partial charge in [-0.3, -0.25) is 18.7 Å². The van der Waals surface area contributed by atoms with E-state index in [9.17, 15) is 14.4 Å². The van der Waals surface area contributed by atoms with Gasteiger partial charge in [0.05, 0.1) is 6.33 Å². The molecule has 8 heteroatoms. The summed E-state index contributed by atoms with van der Waals surface area (Å²) >= 11 is 0. The first-order valence-corrected chi connectivity index (χ1v) is 10.4. The number of benzene rings is 2. The number of amides is 1. The summed E-state index contributed by atoms with van der Waals surface area (Å²) in [5.41, 5.74) is 1.58. The molecule has 0 saturated carbocycles. The molecular formula is C24H25N5O3. The third-order valence-electron chi connectivity index (χ3n) is 5.69. The van der Waals surface area contributed by atoms with Crippen LogP contribution < -0.4 is 11.2 Å². The molecule has 2 aromatic heterocycles. The number of hydrogen-bond donors (Lipinski definition) is 0. The van der Waals surface area contributed by atoms with Crippen molar-refractivity contribution in [1.29, 1.82) is 0 Å². The Bertz CT molecular complexity index is 1330. The maximum atomic E-state index is 13.6. The number of aromatic nitrogens is 4. The molecule has 0 aliphatic heterocycles. The molecular weight excluding hydrogens is 406 g/mol. The summed E-state index contributed by atoms with van der Waals surface area (Å²) in [5, 5.41) is 0. The zero-order valence-electron chi connectivity index (χ0n) is 18.3. The molecule has 0 bridgehead atoms. The number of nitrogens with zero attached hydrogens (tertiary/aromatic N) is 5. The van der Waals surface area contributed by atoms with Gasteiger partial charge in [-0.2, -0.15) is 0 Å². The Morgan fingerprint density at radius 2 is 1.44 bits per heavy atom. The van der Waals surface area contributed by atoms with E-state index >= 15 is 0 Å². The molecule has 4 rings (SSSR count). The summed E-state index contributed by atoms with van der Waals surface area (Å²) < 4.78 is 3.90. The molecule has 0 aliphatic carbocycles. The Morgan fingerprint density at radius 1 is 0.906 bits per heavy atom. The highest BCUT2D eigenvalue weighted by atomic mass is 16.2. The van der Waals surface area contributed by atoms with Gasteiger partial charge in [0.2, 0.25) is 5.91 Å². The summed E-state index contributed by atoms with van der Waals surface area (Å²) in [5.74, 6) is -0.145. The van der Waals surface area contributed by atoms with E-state index in [2.05, 4.69) is 4.98 Å². The average molecular weight is 431 g/mol. The number of imidazole rings is 1. The fourth-order valence-electron chi connectivity index (χ4n) is 3.86. The SMILES string of the molecule is CC(C(=O)N(Cc1ccccc1)Cc1ccccc1)n1cnc2c1c(=O)n(C)c(=O)n2C. The molecule has 0 aliphatic rings. The van der Waals surface area contributed by atoms with Crippen LogP contribution >= 0.6 is 0 Å². The van der Waals surface area contributed by atoms with E-state index in [1.54, 1.807) is 23.4 Å². The number of carbonyl (C=O) groups excluding carboxylic acids is 1. The highest BCUT2D eigenvalue weighted by Crippen LogP contribution is 2.19. The van der Waals surface area contributed by atoms with Gasteiger partial charge in [-0.1, -0.05) is 60.7 Å². The lowest BCUT2D eigenvalue weighted by Gasteiger charge is -2.27. The Kier molecular flexibility index (Phi) is 5.77. The largest absolute Gasteiger partial charge is 0.332 e. The van der Waals surface area contributed by atoms with Gasteiger partial charge < -0.3 is 9.47 Å². The maximum Gasteiger partial charge on any atom is 0.332 e. The molecule has 32 heavy (non-hydrogen) atoms. The van der Waals surface area contributed by atoms with Crippen LogP contribution in [0.5, 0.6) is 0 Å². The first-order chi connectivity index (χ1) is 15.4. The quantitative estimate of drug-likeness (QED) is 0.469. The Morgan fingerprint density at radius 3 is 1.97 bits per heavy atom. The summed E-state index contributed by atoms with van der Waals surface area (Å²) in [6.45, 7) is 2.61. The Balaban J connectivity index is 1.73. The number of fused-ring (bicyclic) bond motifs is 1. The Hall–Kier alpha value is -3.94. The van der Waals surface area contributed by atoms with Gasteiger partial charge in [-0.25, -0.2) is 9.78 Å². The zero-order valence-corrected chi connectivity index (χ0v) is 18.3. The second-order valence-electron chi connectivity index (χ2n) is 7.87. The molecule has 4 aromatic rings. The molecule has 164 valence electrons. The molecule has 0 spiro atoms. The molecule has 2 aromatic carbocycles. The monoisotopic (exact) mass is 431 g/mol. The van der Waals surface area contributed by atoms with Crippen LogP contribution in [0.25, 0.3) is 11.2 Å². The minimum atomic E-state index is -0.683. The van der Waals surface area contributed by atoms with E-state index in [4.69, 9.17) is 0 Å². The molecule has 0 radical (unpaired) electrons. The fraction of sp³-hybridized carbons (Fsp3) is 0.250. The number of carbonyl (C=O) groups is 1. The van der Waals surface area contributed by atoms with E-state index in [1.807, 2.05) is 60.7 Å². The zero-order chi connectivity index (χ0) is 22.8. The van der Waals surface area contributed by atoms with Crippen molar-refractivity contribution in [3.63, 3.8) is 0 Å². The predicted molar refractivity (Wildman–Crippen MR) is 122 cm³/mol. The second kappa shape index (κ2) is 8.66. The van der Waals surface area contributed by atoms with Gasteiger partial charge in [0.1, 0.15) is 6.04 Å². The van der Waals surface area contributed by atoms with Crippen molar-refractivity contribution in [2.24, 2.45) is 14.1 Å². The van der Waals surface area contributed by atoms with Crippen LogP contribution in [-0.4, -0.2) is 29.5 Å². The normalized spacial score (nSPS) is 12.1. The molecule has 1 unspecified atom stereocenters. The average Bonchev–Trinajstić information content (AvgIpc) is 3.27. The van der Waals surface area contributed by atoms with Gasteiger partial charge >= 0.3 is 5.69 Å². The molecule has 0 N–H and O–H groups in total. The first kappa shape index (κ1) is 21.3. The molecule has 0 saturated heterocycles. The van der Waals surface area contributed by atoms with Crippen molar-refractivity contribution in [1.82, 2.24) is 23.6 Å². The van der Waals surface area contributed by atoms with Gasteiger partial charge in [-0.05, 0) is 18.1 Å². The minimum absolute atomic E-state index is 0.145. The topological polar surface area (TPSA) is 82.1 Å². The van der Waals surface area contributed by atoms with Crippen molar-refractivity contribution in [2.45, 2.75) is 26.1 Å². The van der Waals surface area contributed by atoms with E-state index in [0.29, 0.717) is 13.1 Å². The summed E-state index contributed by atoms with van der Waals surface area (Å²) in [6.07, 6.45) is 1.46. The minimum Gasteiger partial charge on any atom is -0.332 e. The van der Waals surface area contributed by atoms with Crippen molar-refractivity contribution in [3.05, 3.63) is 99.0 Å². The molecule has 2 heterocycles. The lowest BCUT2D eigenvalue weighted by Crippen LogP contribution is -2.39. The van der Waals surface area contributed by atoms with Gasteiger partial charge in [-0.15, -0.1) is 0 Å². The molecule has 1 amide bonds. The maximum absolute atomic E-state index is 13.6. The van der Waals surface area contributed by atoms with E-state index in [1.165, 1.54) is 17.9 Å². The second-order valence-corrected chi connectivity index (χ2v) is 7.87. The fourth-order valence-corrected chi connectivity index (χ4v) is 3.86. The lowest BCUT2D eigenvalue weighted by atomic mass is 10.1. The van der Waals surface area contributed by atoms with Crippen molar-refractivity contribution < 1.29 is 4.79 Å². The van der Waals surface area contributed by atoms with E-state index < -0.39 is 17.3 Å². The summed E-state index contributed by atoms with van der Waals surface area (Å²) in [6, 6.07) is 18.9. The van der Waals surface area contributed by atoms with Crippen LogP contribution in [0, 0.1) is 0 Å². The summed E-state index contributed by atoms with van der Waals surface area (Å²) in [7, 11) is 2.98. The third kappa shape index (κ3) is 3.87. The van der Waals surface area contributed by atoms with Crippen molar-refractivity contribution in [3.8, 4) is 0 Å². The Labute approximate surface area is 185 Å². The van der Waals surface area contributed by atoms with Crippen molar-refractivity contribution in [2.75, 3.05) is 0 Å². The van der Waals surface area contributed by atoms with Gasteiger partial charge in [0.15, 0.2) is 11.2 Å². The van der Waals surface area contributed by atoms with Crippen LogP contribution in [0.2, 0.25) is 0 Å². The molecule has 0 fully saturated rings. The number of hydrogen-bond acceptors (Lipinski definition) is 4. The standard InChI is InChI=1S/C24H25N5O3/c1-17(29-16-25-21-20(29)23(31)27(3)24(32)26(21)2)22(30)28(14-18-10-6-4-7-11-18)15-19-12-8-5-9-13-19/h4-13,16-17H,14-15H2,1-3H3. The lowest BCUT2D eigenvalue weighted by molar-refractivity contribution is -0.135. The van der Waals surface area contributed by atoms with E-state index in [0.717, 1.165) is 15.7 Å². The number of rotatable bonds is 6. The number of aryl methyl sites for hydroxylation is 1. The predicted octanol–water partition coefficient (Wildman–Crippen LogP) is 2.22. The van der Waals surface area contributed by atoms with Crippen LogP contribution in [0.3, 0.4) is 0 Å². The van der Waals surface area contributed by atoms with Crippen LogP contribution in [0.1, 0.15) is 24.1 Å².